The Balaban J connectivity index is 1.38. The molecule has 1 aliphatic carbocycles. The molecule has 1 aromatic carbocycles. The number of aryl methyl sites for hydroxylation is 1. The zero-order valence-corrected chi connectivity index (χ0v) is 19.6. The monoisotopic (exact) mass is 440 g/mol. The molecule has 0 radical (unpaired) electrons. The van der Waals surface area contributed by atoms with E-state index < -0.39 is 0 Å². The fourth-order valence-corrected chi connectivity index (χ4v) is 5.28. The molecule has 5 nitrogen and oxygen atoms in total. The normalized spacial score (nSPS) is 18.7. The fourth-order valence-electron chi connectivity index (χ4n) is 5.28. The van der Waals surface area contributed by atoms with Crippen molar-refractivity contribution in [2.24, 2.45) is 11.8 Å². The first-order chi connectivity index (χ1) is 16.0. The maximum Gasteiger partial charge on any atom is 0.248 e. The van der Waals surface area contributed by atoms with Gasteiger partial charge in [-0.15, -0.1) is 0 Å². The molecule has 4 aromatic rings. The Morgan fingerprint density at radius 1 is 1.03 bits per heavy atom. The summed E-state index contributed by atoms with van der Waals surface area (Å²) in [6.07, 6.45) is 8.84. The molecule has 5 rings (SSSR count). The number of imidazole rings is 1. The molecule has 2 N–H and O–H groups in total. The Hall–Kier alpha value is -3.34. The zero-order valence-electron chi connectivity index (χ0n) is 19.6. The van der Waals surface area contributed by atoms with E-state index in [1.807, 2.05) is 31.3 Å². The van der Waals surface area contributed by atoms with Crippen LogP contribution < -0.4 is 10.9 Å². The summed E-state index contributed by atoms with van der Waals surface area (Å²) in [4.78, 5) is 19.2. The second kappa shape index (κ2) is 8.89. The van der Waals surface area contributed by atoms with Gasteiger partial charge < -0.3 is 10.3 Å². The number of pyridine rings is 2. The highest BCUT2D eigenvalue weighted by Crippen LogP contribution is 2.39. The van der Waals surface area contributed by atoms with Gasteiger partial charge in [0.05, 0.1) is 11.4 Å². The number of nitrogens with zero attached hydrogens (tertiary/aromatic N) is 2. The molecule has 3 aromatic heterocycles. The molecule has 5 heteroatoms. The largest absolute Gasteiger partial charge is 0.352 e. The molecule has 1 aliphatic rings. The van der Waals surface area contributed by atoms with Gasteiger partial charge in [-0.3, -0.25) is 9.20 Å². The van der Waals surface area contributed by atoms with Crippen molar-refractivity contribution >= 4 is 17.0 Å². The van der Waals surface area contributed by atoms with Gasteiger partial charge in [-0.1, -0.05) is 26.0 Å². The van der Waals surface area contributed by atoms with E-state index in [0.717, 1.165) is 45.8 Å². The minimum absolute atomic E-state index is 0.113. The molecule has 0 aliphatic heterocycles. The first-order valence-corrected chi connectivity index (χ1v) is 12.0. The first-order valence-electron chi connectivity index (χ1n) is 12.0. The number of anilines is 2. The number of benzene rings is 1. The highest BCUT2D eigenvalue weighted by atomic mass is 16.1. The SMILES string of the molecule is Cc1cnc2c(Nc3ccc(C4CCC(C(C)C)CC4)cc3)ccc(-c3cc[nH]c(=O)c3)n12. The number of hydrogen-bond donors (Lipinski definition) is 2. The molecule has 0 spiro atoms. The third-order valence-electron chi connectivity index (χ3n) is 7.27. The second-order valence-electron chi connectivity index (χ2n) is 9.74. The molecular weight excluding hydrogens is 408 g/mol. The minimum Gasteiger partial charge on any atom is -0.352 e. The third kappa shape index (κ3) is 4.32. The second-order valence-corrected chi connectivity index (χ2v) is 9.74. The van der Waals surface area contributed by atoms with Crippen LogP contribution in [0.3, 0.4) is 0 Å². The molecule has 1 saturated carbocycles. The van der Waals surface area contributed by atoms with E-state index in [1.165, 1.54) is 31.2 Å². The van der Waals surface area contributed by atoms with Gasteiger partial charge in [-0.25, -0.2) is 4.98 Å². The van der Waals surface area contributed by atoms with E-state index in [4.69, 9.17) is 0 Å². The summed E-state index contributed by atoms with van der Waals surface area (Å²) in [5, 5.41) is 3.55. The van der Waals surface area contributed by atoms with E-state index in [0.29, 0.717) is 5.92 Å². The van der Waals surface area contributed by atoms with Crippen LogP contribution in [-0.4, -0.2) is 14.4 Å². The van der Waals surface area contributed by atoms with Gasteiger partial charge in [-0.05, 0) is 86.3 Å². The summed E-state index contributed by atoms with van der Waals surface area (Å²) in [5.74, 6) is 2.37. The van der Waals surface area contributed by atoms with Gasteiger partial charge in [0, 0.05) is 35.4 Å². The average molecular weight is 441 g/mol. The highest BCUT2D eigenvalue weighted by molar-refractivity contribution is 5.78. The Bertz CT molecular complexity index is 1310. The lowest BCUT2D eigenvalue weighted by molar-refractivity contribution is 0.259. The number of hydrogen-bond acceptors (Lipinski definition) is 3. The van der Waals surface area contributed by atoms with E-state index in [1.54, 1.807) is 12.3 Å². The molecular formula is C28H32N4O. The molecule has 0 amide bonds. The van der Waals surface area contributed by atoms with Crippen LogP contribution in [0.25, 0.3) is 16.9 Å². The summed E-state index contributed by atoms with van der Waals surface area (Å²) >= 11 is 0. The van der Waals surface area contributed by atoms with Crippen molar-refractivity contribution in [2.45, 2.75) is 52.4 Å². The number of aromatic nitrogens is 3. The van der Waals surface area contributed by atoms with Crippen LogP contribution in [0.2, 0.25) is 0 Å². The van der Waals surface area contributed by atoms with Gasteiger partial charge in [0.25, 0.3) is 0 Å². The molecule has 0 unspecified atom stereocenters. The summed E-state index contributed by atoms with van der Waals surface area (Å²) in [6, 6.07) is 16.5. The van der Waals surface area contributed by atoms with Crippen molar-refractivity contribution in [3.05, 3.63) is 82.5 Å². The molecule has 33 heavy (non-hydrogen) atoms. The van der Waals surface area contributed by atoms with E-state index in [2.05, 4.69) is 57.8 Å². The van der Waals surface area contributed by atoms with Crippen LogP contribution in [0.5, 0.6) is 0 Å². The lowest BCUT2D eigenvalue weighted by Gasteiger charge is -2.31. The summed E-state index contributed by atoms with van der Waals surface area (Å²) < 4.78 is 2.10. The van der Waals surface area contributed by atoms with E-state index in [9.17, 15) is 4.79 Å². The van der Waals surface area contributed by atoms with Crippen LogP contribution in [0.1, 0.15) is 56.7 Å². The number of nitrogens with one attached hydrogen (secondary N) is 2. The number of H-pyrrole nitrogens is 1. The first kappa shape index (κ1) is 21.5. The molecule has 0 saturated heterocycles. The van der Waals surface area contributed by atoms with Crippen molar-refractivity contribution in [3.63, 3.8) is 0 Å². The summed E-state index contributed by atoms with van der Waals surface area (Å²) in [7, 11) is 0. The van der Waals surface area contributed by atoms with Crippen molar-refractivity contribution in [3.8, 4) is 11.3 Å². The molecule has 0 atom stereocenters. The lowest BCUT2D eigenvalue weighted by Crippen LogP contribution is -2.17. The van der Waals surface area contributed by atoms with Crippen molar-refractivity contribution in [2.75, 3.05) is 5.32 Å². The maximum atomic E-state index is 11.8. The Morgan fingerprint density at radius 2 is 1.79 bits per heavy atom. The van der Waals surface area contributed by atoms with Gasteiger partial charge in [-0.2, -0.15) is 0 Å². The number of rotatable bonds is 5. The number of fused-ring (bicyclic) bond motifs is 1. The Morgan fingerprint density at radius 3 is 2.48 bits per heavy atom. The van der Waals surface area contributed by atoms with Crippen molar-refractivity contribution in [1.82, 2.24) is 14.4 Å². The summed E-state index contributed by atoms with van der Waals surface area (Å²) in [5.41, 5.74) is 7.03. The molecule has 1 fully saturated rings. The van der Waals surface area contributed by atoms with Crippen molar-refractivity contribution in [1.29, 1.82) is 0 Å². The average Bonchev–Trinajstić information content (AvgIpc) is 3.22. The predicted octanol–water partition coefficient (Wildman–Crippen LogP) is 6.67. The van der Waals surface area contributed by atoms with E-state index >= 15 is 0 Å². The predicted molar refractivity (Wildman–Crippen MR) is 135 cm³/mol. The van der Waals surface area contributed by atoms with Crippen LogP contribution in [0.4, 0.5) is 11.4 Å². The fraction of sp³-hybridized carbons (Fsp3) is 0.357. The van der Waals surface area contributed by atoms with Crippen LogP contribution in [0.15, 0.2) is 65.7 Å². The number of aromatic amines is 1. The molecule has 0 bridgehead atoms. The van der Waals surface area contributed by atoms with Gasteiger partial charge in [0.1, 0.15) is 0 Å². The van der Waals surface area contributed by atoms with E-state index in [-0.39, 0.29) is 5.56 Å². The standard InChI is InChI=1S/C28H32N4O/c1-18(2)20-4-6-21(7-5-20)22-8-10-24(11-9-22)31-25-12-13-26(23-14-15-29-27(33)16-23)32-19(3)17-30-28(25)32/h8-18,20-21,31H,4-7H2,1-3H3,(H,29,33). The molecule has 3 heterocycles. The zero-order chi connectivity index (χ0) is 22.9. The smallest absolute Gasteiger partial charge is 0.248 e. The quantitative estimate of drug-likeness (QED) is 0.364. The van der Waals surface area contributed by atoms with Crippen molar-refractivity contribution < 1.29 is 0 Å². The van der Waals surface area contributed by atoms with Gasteiger partial charge in [0.2, 0.25) is 5.56 Å². The lowest BCUT2D eigenvalue weighted by atomic mass is 9.75. The van der Waals surface area contributed by atoms with Crippen LogP contribution >= 0.6 is 0 Å². The minimum atomic E-state index is -0.113. The van der Waals surface area contributed by atoms with Crippen LogP contribution in [-0.2, 0) is 0 Å². The molecule has 170 valence electrons. The highest BCUT2D eigenvalue weighted by Gasteiger charge is 2.24. The third-order valence-corrected chi connectivity index (χ3v) is 7.27. The summed E-state index contributed by atoms with van der Waals surface area (Å²) in [6.45, 7) is 6.75. The van der Waals surface area contributed by atoms with Crippen LogP contribution in [0, 0.1) is 18.8 Å². The maximum absolute atomic E-state index is 11.8. The van der Waals surface area contributed by atoms with Gasteiger partial charge >= 0.3 is 0 Å². The topological polar surface area (TPSA) is 62.2 Å². The Kier molecular flexibility index (Phi) is 5.79. The van der Waals surface area contributed by atoms with Gasteiger partial charge in [0.15, 0.2) is 5.65 Å². The Labute approximate surface area is 194 Å².